The van der Waals surface area contributed by atoms with Crippen molar-refractivity contribution in [3.63, 3.8) is 0 Å². The van der Waals surface area contributed by atoms with Crippen molar-refractivity contribution in [2.24, 2.45) is 0 Å². The number of nitrogens with zero attached hydrogens (tertiary/aromatic N) is 2. The summed E-state index contributed by atoms with van der Waals surface area (Å²) in [5.41, 5.74) is 0.146. The van der Waals surface area contributed by atoms with Crippen LogP contribution in [0, 0.1) is 11.3 Å². The maximum absolute atomic E-state index is 11.8. The molecule has 1 amide bonds. The molecule has 0 unspecified atom stereocenters. The van der Waals surface area contributed by atoms with Crippen molar-refractivity contribution in [3.05, 3.63) is 29.6 Å². The minimum atomic E-state index is -4.30. The first-order valence-electron chi connectivity index (χ1n) is 4.63. The van der Waals surface area contributed by atoms with Gasteiger partial charge >= 0.3 is 6.18 Å². The molecule has 0 aliphatic heterocycles. The molecular formula is C10H8F3N3O. The minimum Gasteiger partial charge on any atom is -0.352 e. The summed E-state index contributed by atoms with van der Waals surface area (Å²) >= 11 is 0. The van der Waals surface area contributed by atoms with Gasteiger partial charge in [-0.25, -0.2) is 4.98 Å². The van der Waals surface area contributed by atoms with Crippen molar-refractivity contribution >= 4 is 5.91 Å². The zero-order valence-electron chi connectivity index (χ0n) is 8.58. The smallest absolute Gasteiger partial charge is 0.352 e. The molecule has 0 bridgehead atoms. The van der Waals surface area contributed by atoms with E-state index in [-0.39, 0.29) is 11.3 Å². The normalized spacial score (nSPS) is 10.7. The second-order valence-electron chi connectivity index (χ2n) is 3.16. The first-order chi connectivity index (χ1) is 7.92. The van der Waals surface area contributed by atoms with Crippen molar-refractivity contribution in [2.75, 3.05) is 6.54 Å². The average Bonchev–Trinajstić information content (AvgIpc) is 2.27. The van der Waals surface area contributed by atoms with Crippen LogP contribution in [0.15, 0.2) is 18.3 Å². The van der Waals surface area contributed by atoms with E-state index in [0.29, 0.717) is 0 Å². The Kier molecular flexibility index (Phi) is 4.04. The van der Waals surface area contributed by atoms with E-state index in [2.05, 4.69) is 10.3 Å². The topological polar surface area (TPSA) is 65.8 Å². The number of pyridine rings is 1. The second kappa shape index (κ2) is 5.30. The summed E-state index contributed by atoms with van der Waals surface area (Å²) in [6.45, 7) is -0.494. The molecule has 0 saturated carbocycles. The molecule has 1 aromatic rings. The van der Waals surface area contributed by atoms with Crippen LogP contribution in [-0.2, 0) is 0 Å². The molecular weight excluding hydrogens is 235 g/mol. The van der Waals surface area contributed by atoms with E-state index in [9.17, 15) is 18.0 Å². The SMILES string of the molecule is N#Cc1cc(C(=O)NCCC(F)(F)F)ccn1. The van der Waals surface area contributed by atoms with Crippen LogP contribution >= 0.6 is 0 Å². The molecule has 0 saturated heterocycles. The number of alkyl halides is 3. The van der Waals surface area contributed by atoms with E-state index in [4.69, 9.17) is 5.26 Å². The van der Waals surface area contributed by atoms with Crippen LogP contribution in [-0.4, -0.2) is 23.6 Å². The number of amides is 1. The number of nitriles is 1. The molecule has 0 atom stereocenters. The molecule has 17 heavy (non-hydrogen) atoms. The quantitative estimate of drug-likeness (QED) is 0.877. The van der Waals surface area contributed by atoms with Crippen LogP contribution in [0.25, 0.3) is 0 Å². The number of carbonyl (C=O) groups excluding carboxylic acids is 1. The summed E-state index contributed by atoms with van der Waals surface area (Å²) < 4.78 is 35.5. The Labute approximate surface area is 95.1 Å². The molecule has 0 spiro atoms. The largest absolute Gasteiger partial charge is 0.390 e. The van der Waals surface area contributed by atoms with E-state index < -0.39 is 25.0 Å². The fourth-order valence-corrected chi connectivity index (χ4v) is 1.05. The lowest BCUT2D eigenvalue weighted by atomic mass is 10.2. The summed E-state index contributed by atoms with van der Waals surface area (Å²) in [6, 6.07) is 4.27. The molecule has 0 aliphatic rings. The van der Waals surface area contributed by atoms with Gasteiger partial charge in [-0.2, -0.15) is 18.4 Å². The summed E-state index contributed by atoms with van der Waals surface area (Å²) in [5, 5.41) is 10.6. The molecule has 7 heteroatoms. The fourth-order valence-electron chi connectivity index (χ4n) is 1.05. The maximum Gasteiger partial charge on any atom is 0.390 e. The Morgan fingerprint density at radius 3 is 2.82 bits per heavy atom. The standard InChI is InChI=1S/C10H8F3N3O/c11-10(12,13)2-4-16-9(17)7-1-3-15-8(5-7)6-14/h1,3,5H,2,4H2,(H,16,17). The Hall–Kier alpha value is -2.10. The van der Waals surface area contributed by atoms with Gasteiger partial charge in [0.2, 0.25) is 0 Å². The third-order valence-electron chi connectivity index (χ3n) is 1.83. The Morgan fingerprint density at radius 1 is 1.53 bits per heavy atom. The average molecular weight is 243 g/mol. The highest BCUT2D eigenvalue weighted by Gasteiger charge is 2.26. The molecule has 0 aromatic carbocycles. The Balaban J connectivity index is 2.56. The molecule has 0 aliphatic carbocycles. The van der Waals surface area contributed by atoms with Crippen LogP contribution in [0.4, 0.5) is 13.2 Å². The fraction of sp³-hybridized carbons (Fsp3) is 0.300. The zero-order chi connectivity index (χ0) is 12.9. The molecule has 90 valence electrons. The Bertz CT molecular complexity index is 451. The van der Waals surface area contributed by atoms with Crippen molar-refractivity contribution in [1.29, 1.82) is 5.26 Å². The van der Waals surface area contributed by atoms with E-state index in [1.165, 1.54) is 18.3 Å². The van der Waals surface area contributed by atoms with Gasteiger partial charge in [0.25, 0.3) is 5.91 Å². The zero-order valence-corrected chi connectivity index (χ0v) is 8.58. The summed E-state index contributed by atoms with van der Waals surface area (Å²) in [5.74, 6) is -0.659. The lowest BCUT2D eigenvalue weighted by molar-refractivity contribution is -0.132. The van der Waals surface area contributed by atoms with E-state index in [0.717, 1.165) is 0 Å². The van der Waals surface area contributed by atoms with Gasteiger partial charge in [-0.15, -0.1) is 0 Å². The van der Waals surface area contributed by atoms with Crippen LogP contribution in [0.1, 0.15) is 22.5 Å². The van der Waals surface area contributed by atoms with Gasteiger partial charge in [0.15, 0.2) is 0 Å². The highest BCUT2D eigenvalue weighted by molar-refractivity contribution is 5.94. The molecule has 4 nitrogen and oxygen atoms in total. The molecule has 1 heterocycles. The van der Waals surface area contributed by atoms with E-state index >= 15 is 0 Å². The van der Waals surface area contributed by atoms with Crippen LogP contribution in [0.3, 0.4) is 0 Å². The summed E-state index contributed by atoms with van der Waals surface area (Å²) in [6.07, 6.45) is -4.14. The van der Waals surface area contributed by atoms with E-state index in [1.807, 2.05) is 0 Å². The maximum atomic E-state index is 11.8. The third kappa shape index (κ3) is 4.51. The molecule has 1 aromatic heterocycles. The predicted molar refractivity (Wildman–Crippen MR) is 52.0 cm³/mol. The monoisotopic (exact) mass is 243 g/mol. The third-order valence-corrected chi connectivity index (χ3v) is 1.83. The Morgan fingerprint density at radius 2 is 2.24 bits per heavy atom. The van der Waals surface area contributed by atoms with Crippen LogP contribution in [0.5, 0.6) is 0 Å². The highest BCUT2D eigenvalue weighted by atomic mass is 19.4. The number of halogens is 3. The van der Waals surface area contributed by atoms with Gasteiger partial charge < -0.3 is 5.32 Å². The molecule has 1 rings (SSSR count). The second-order valence-corrected chi connectivity index (χ2v) is 3.16. The number of hydrogen-bond acceptors (Lipinski definition) is 3. The van der Waals surface area contributed by atoms with Gasteiger partial charge in [-0.3, -0.25) is 4.79 Å². The van der Waals surface area contributed by atoms with Crippen molar-refractivity contribution in [3.8, 4) is 6.07 Å². The van der Waals surface area contributed by atoms with Crippen molar-refractivity contribution in [1.82, 2.24) is 10.3 Å². The number of carbonyl (C=O) groups is 1. The first-order valence-corrected chi connectivity index (χ1v) is 4.63. The first kappa shape index (κ1) is 13.0. The lowest BCUT2D eigenvalue weighted by Gasteiger charge is -2.07. The van der Waals surface area contributed by atoms with Gasteiger partial charge in [0.05, 0.1) is 6.42 Å². The number of aromatic nitrogens is 1. The van der Waals surface area contributed by atoms with E-state index in [1.54, 1.807) is 6.07 Å². The predicted octanol–water partition coefficient (Wildman–Crippen LogP) is 1.64. The number of rotatable bonds is 3. The van der Waals surface area contributed by atoms with Crippen LogP contribution in [0.2, 0.25) is 0 Å². The van der Waals surface area contributed by atoms with Crippen molar-refractivity contribution < 1.29 is 18.0 Å². The summed E-state index contributed by atoms with van der Waals surface area (Å²) in [4.78, 5) is 15.0. The molecule has 1 N–H and O–H groups in total. The van der Waals surface area contributed by atoms with Gasteiger partial charge in [0.1, 0.15) is 11.8 Å². The number of nitrogens with one attached hydrogen (secondary N) is 1. The number of hydrogen-bond donors (Lipinski definition) is 1. The highest BCUT2D eigenvalue weighted by Crippen LogP contribution is 2.18. The van der Waals surface area contributed by atoms with Crippen molar-refractivity contribution in [2.45, 2.75) is 12.6 Å². The minimum absolute atomic E-state index is 0.0356. The van der Waals surface area contributed by atoms with Gasteiger partial charge in [0, 0.05) is 18.3 Å². The van der Waals surface area contributed by atoms with Gasteiger partial charge in [-0.1, -0.05) is 0 Å². The van der Waals surface area contributed by atoms with Gasteiger partial charge in [-0.05, 0) is 12.1 Å². The molecule has 0 radical (unpaired) electrons. The lowest BCUT2D eigenvalue weighted by Crippen LogP contribution is -2.28. The van der Waals surface area contributed by atoms with Crippen LogP contribution < -0.4 is 5.32 Å². The molecule has 0 fully saturated rings. The summed E-state index contributed by atoms with van der Waals surface area (Å²) in [7, 11) is 0.